The summed E-state index contributed by atoms with van der Waals surface area (Å²) in [5, 5.41) is 13.2. The second kappa shape index (κ2) is 4.71. The maximum Gasteiger partial charge on any atom is 0.188 e. The molecule has 0 radical (unpaired) electrons. The smallest absolute Gasteiger partial charge is 0.188 e. The Morgan fingerprint density at radius 3 is 2.79 bits per heavy atom. The van der Waals surface area contributed by atoms with Crippen molar-refractivity contribution in [3.8, 4) is 6.07 Å². The fourth-order valence-electron chi connectivity index (χ4n) is 1.96. The molecule has 4 heteroatoms. The van der Waals surface area contributed by atoms with Crippen molar-refractivity contribution in [1.29, 1.82) is 5.26 Å². The molecule has 0 spiro atoms. The van der Waals surface area contributed by atoms with Crippen molar-refractivity contribution < 1.29 is 0 Å². The van der Waals surface area contributed by atoms with Crippen LogP contribution in [0.1, 0.15) is 11.1 Å². The lowest BCUT2D eigenvalue weighted by Crippen LogP contribution is -1.95. The van der Waals surface area contributed by atoms with Crippen LogP contribution < -0.4 is 5.32 Å². The first-order valence-corrected chi connectivity index (χ1v) is 6.72. The molecule has 1 aromatic heterocycles. The Bertz CT molecular complexity index is 750. The van der Waals surface area contributed by atoms with E-state index in [0.717, 1.165) is 26.6 Å². The predicted molar refractivity (Wildman–Crippen MR) is 78.8 cm³/mol. The Morgan fingerprint density at radius 1 is 1.16 bits per heavy atom. The molecule has 0 aliphatic heterocycles. The molecule has 0 aliphatic carbocycles. The number of fused-ring (bicyclic) bond motifs is 1. The van der Waals surface area contributed by atoms with E-state index < -0.39 is 0 Å². The van der Waals surface area contributed by atoms with Gasteiger partial charge in [0.2, 0.25) is 0 Å². The number of benzene rings is 2. The largest absolute Gasteiger partial charge is 0.330 e. The molecule has 3 aromatic rings. The Hall–Kier alpha value is -2.38. The van der Waals surface area contributed by atoms with Gasteiger partial charge in [-0.1, -0.05) is 35.6 Å². The summed E-state index contributed by atoms with van der Waals surface area (Å²) in [6, 6.07) is 15.9. The molecule has 92 valence electrons. The summed E-state index contributed by atoms with van der Waals surface area (Å²) in [6.45, 7) is 1.98. The van der Waals surface area contributed by atoms with E-state index in [2.05, 4.69) is 16.4 Å². The third-order valence-electron chi connectivity index (χ3n) is 2.92. The first-order valence-electron chi connectivity index (χ1n) is 5.90. The van der Waals surface area contributed by atoms with Gasteiger partial charge < -0.3 is 5.32 Å². The number of para-hydroxylation sites is 2. The molecule has 0 bridgehead atoms. The summed E-state index contributed by atoms with van der Waals surface area (Å²) in [6.07, 6.45) is 0. The number of nitriles is 1. The quantitative estimate of drug-likeness (QED) is 0.754. The molecule has 0 saturated carbocycles. The van der Waals surface area contributed by atoms with Gasteiger partial charge in [0.15, 0.2) is 5.13 Å². The summed E-state index contributed by atoms with van der Waals surface area (Å²) < 4.78 is 1.14. The normalized spacial score (nSPS) is 10.3. The van der Waals surface area contributed by atoms with E-state index in [1.165, 1.54) is 0 Å². The Labute approximate surface area is 115 Å². The molecule has 0 unspecified atom stereocenters. The van der Waals surface area contributed by atoms with Crippen LogP contribution in [0.5, 0.6) is 0 Å². The zero-order chi connectivity index (χ0) is 13.2. The van der Waals surface area contributed by atoms with Gasteiger partial charge in [-0.2, -0.15) is 5.26 Å². The summed E-state index contributed by atoms with van der Waals surface area (Å²) >= 11 is 1.59. The first kappa shape index (κ1) is 11.7. The first-order chi connectivity index (χ1) is 9.28. The molecule has 19 heavy (non-hydrogen) atoms. The maximum absolute atomic E-state index is 9.15. The van der Waals surface area contributed by atoms with Crippen LogP contribution >= 0.6 is 11.3 Å². The second-order valence-electron chi connectivity index (χ2n) is 4.22. The van der Waals surface area contributed by atoms with Crippen LogP contribution in [0.2, 0.25) is 0 Å². The number of aromatic nitrogens is 1. The molecular formula is C15H11N3S. The number of hydrogen-bond donors (Lipinski definition) is 1. The van der Waals surface area contributed by atoms with Crippen LogP contribution in [0.25, 0.3) is 10.2 Å². The van der Waals surface area contributed by atoms with Gasteiger partial charge in [-0.05, 0) is 30.7 Å². The number of nitrogens with one attached hydrogen (secondary N) is 1. The number of thiazole rings is 1. The van der Waals surface area contributed by atoms with Gasteiger partial charge in [0.1, 0.15) is 6.07 Å². The lowest BCUT2D eigenvalue weighted by molar-refractivity contribution is 1.37. The van der Waals surface area contributed by atoms with Gasteiger partial charge in [0.05, 0.1) is 21.5 Å². The van der Waals surface area contributed by atoms with E-state index in [4.69, 9.17) is 5.26 Å². The van der Waals surface area contributed by atoms with Crippen molar-refractivity contribution in [2.75, 3.05) is 5.32 Å². The molecule has 3 nitrogen and oxygen atoms in total. The van der Waals surface area contributed by atoms with Crippen molar-refractivity contribution in [3.05, 3.63) is 53.6 Å². The van der Waals surface area contributed by atoms with Gasteiger partial charge in [-0.3, -0.25) is 0 Å². The van der Waals surface area contributed by atoms with E-state index in [1.54, 1.807) is 11.3 Å². The van der Waals surface area contributed by atoms with Gasteiger partial charge in [-0.25, -0.2) is 4.98 Å². The second-order valence-corrected chi connectivity index (χ2v) is 5.25. The van der Waals surface area contributed by atoms with Crippen LogP contribution in [-0.2, 0) is 0 Å². The molecule has 0 saturated heterocycles. The van der Waals surface area contributed by atoms with Crippen LogP contribution in [0.4, 0.5) is 10.8 Å². The van der Waals surface area contributed by atoms with Crippen molar-refractivity contribution >= 4 is 32.4 Å². The van der Waals surface area contributed by atoms with Crippen molar-refractivity contribution in [1.82, 2.24) is 4.98 Å². The molecule has 2 aromatic carbocycles. The Balaban J connectivity index is 2.04. The number of anilines is 2. The molecule has 0 atom stereocenters. The molecule has 1 heterocycles. The average Bonchev–Trinajstić information content (AvgIpc) is 2.83. The van der Waals surface area contributed by atoms with Crippen LogP contribution in [0, 0.1) is 18.3 Å². The van der Waals surface area contributed by atoms with Gasteiger partial charge in [-0.15, -0.1) is 0 Å². The van der Waals surface area contributed by atoms with Gasteiger partial charge in [0, 0.05) is 0 Å². The fraction of sp³-hybridized carbons (Fsp3) is 0.0667. The van der Waals surface area contributed by atoms with Crippen molar-refractivity contribution in [2.45, 2.75) is 6.92 Å². The van der Waals surface area contributed by atoms with Crippen molar-refractivity contribution in [3.63, 3.8) is 0 Å². The summed E-state index contributed by atoms with van der Waals surface area (Å²) in [5.41, 5.74) is 3.49. The fourth-order valence-corrected chi connectivity index (χ4v) is 2.83. The topological polar surface area (TPSA) is 48.7 Å². The zero-order valence-electron chi connectivity index (χ0n) is 10.3. The average molecular weight is 265 g/mol. The molecular weight excluding hydrogens is 254 g/mol. The molecule has 0 fully saturated rings. The van der Waals surface area contributed by atoms with Crippen LogP contribution in [0.15, 0.2) is 42.5 Å². The monoisotopic (exact) mass is 265 g/mol. The number of nitrogens with zero attached hydrogens (tertiary/aromatic N) is 2. The maximum atomic E-state index is 9.15. The highest BCUT2D eigenvalue weighted by Gasteiger charge is 2.08. The highest BCUT2D eigenvalue weighted by Crippen LogP contribution is 2.30. The van der Waals surface area contributed by atoms with E-state index in [0.29, 0.717) is 5.56 Å². The highest BCUT2D eigenvalue weighted by atomic mass is 32.1. The third kappa shape index (κ3) is 2.16. The van der Waals surface area contributed by atoms with Crippen LogP contribution in [0.3, 0.4) is 0 Å². The Kier molecular flexibility index (Phi) is 2.90. The lowest BCUT2D eigenvalue weighted by Gasteiger charge is -2.07. The SMILES string of the molecule is Cc1cccc(C#N)c1Nc1nc2ccccc2s1. The zero-order valence-corrected chi connectivity index (χ0v) is 11.2. The van der Waals surface area contributed by atoms with Crippen LogP contribution in [-0.4, -0.2) is 4.98 Å². The minimum absolute atomic E-state index is 0.638. The number of aryl methyl sites for hydroxylation is 1. The lowest BCUT2D eigenvalue weighted by atomic mass is 10.1. The molecule has 1 N–H and O–H groups in total. The van der Waals surface area contributed by atoms with E-state index in [-0.39, 0.29) is 0 Å². The Morgan fingerprint density at radius 2 is 2.00 bits per heavy atom. The third-order valence-corrected chi connectivity index (χ3v) is 3.87. The standard InChI is InChI=1S/C15H11N3S/c1-10-5-4-6-11(9-16)14(10)18-15-17-12-7-2-3-8-13(12)19-15/h2-8H,1H3,(H,17,18). The number of rotatable bonds is 2. The number of hydrogen-bond acceptors (Lipinski definition) is 4. The summed E-state index contributed by atoms with van der Waals surface area (Å²) in [7, 11) is 0. The molecule has 0 amide bonds. The highest BCUT2D eigenvalue weighted by molar-refractivity contribution is 7.22. The molecule has 0 aliphatic rings. The molecule has 3 rings (SSSR count). The van der Waals surface area contributed by atoms with E-state index in [1.807, 2.05) is 49.4 Å². The van der Waals surface area contributed by atoms with E-state index in [9.17, 15) is 0 Å². The minimum Gasteiger partial charge on any atom is -0.330 e. The van der Waals surface area contributed by atoms with E-state index >= 15 is 0 Å². The summed E-state index contributed by atoms with van der Waals surface area (Å²) in [4.78, 5) is 4.52. The predicted octanol–water partition coefficient (Wildman–Crippen LogP) is 4.22. The van der Waals surface area contributed by atoms with Gasteiger partial charge >= 0.3 is 0 Å². The van der Waals surface area contributed by atoms with Gasteiger partial charge in [0.25, 0.3) is 0 Å². The minimum atomic E-state index is 0.638. The van der Waals surface area contributed by atoms with Crippen molar-refractivity contribution in [2.24, 2.45) is 0 Å². The summed E-state index contributed by atoms with van der Waals surface area (Å²) in [5.74, 6) is 0.